The first-order valence-electron chi connectivity index (χ1n) is 9.93. The number of primary amides is 2. The van der Waals surface area contributed by atoms with E-state index in [4.69, 9.17) is 11.5 Å². The van der Waals surface area contributed by atoms with E-state index in [2.05, 4.69) is 4.98 Å². The molecular formula is C23H21FN4O3. The Bertz CT molecular complexity index is 1200. The fraction of sp³-hybridized carbons (Fsp3) is 0.217. The van der Waals surface area contributed by atoms with Gasteiger partial charge in [-0.3, -0.25) is 19.4 Å². The van der Waals surface area contributed by atoms with Gasteiger partial charge in [0.05, 0.1) is 22.3 Å². The van der Waals surface area contributed by atoms with Gasteiger partial charge in [-0.15, -0.1) is 0 Å². The number of piperidine rings is 1. The van der Waals surface area contributed by atoms with Gasteiger partial charge in [-0.05, 0) is 43.2 Å². The summed E-state index contributed by atoms with van der Waals surface area (Å²) in [7, 11) is 0. The third-order valence-corrected chi connectivity index (χ3v) is 5.67. The molecule has 3 amide bonds. The molecule has 8 heteroatoms. The highest BCUT2D eigenvalue weighted by atomic mass is 19.1. The Morgan fingerprint density at radius 3 is 2.29 bits per heavy atom. The molecule has 0 atom stereocenters. The van der Waals surface area contributed by atoms with Crippen LogP contribution in [0.25, 0.3) is 10.9 Å². The normalized spacial score (nSPS) is 14.5. The van der Waals surface area contributed by atoms with Crippen molar-refractivity contribution in [1.82, 2.24) is 9.88 Å². The number of halogens is 1. The summed E-state index contributed by atoms with van der Waals surface area (Å²) in [5.41, 5.74) is 12.4. The van der Waals surface area contributed by atoms with E-state index < -0.39 is 23.5 Å². The summed E-state index contributed by atoms with van der Waals surface area (Å²) in [6.07, 6.45) is 1.14. The molecular weight excluding hydrogens is 399 g/mol. The van der Waals surface area contributed by atoms with E-state index in [0.29, 0.717) is 37.2 Å². The standard InChI is InChI=1S/C23H21FN4O3/c24-18-12-15(21(25)29)5-6-16(18)23(31)28-9-7-13(8-10-28)20-17(22(26)30)11-14-3-1-2-4-19(14)27-20/h1-6,11-13H,7-10H2,(H2,25,29)(H2,26,30). The number of nitrogens with zero attached hydrogens (tertiary/aromatic N) is 2. The second-order valence-electron chi connectivity index (χ2n) is 7.60. The number of carbonyl (C=O) groups is 3. The molecule has 1 saturated heterocycles. The molecule has 0 radical (unpaired) electrons. The summed E-state index contributed by atoms with van der Waals surface area (Å²) in [5, 5.41) is 0.836. The number of hydrogen-bond acceptors (Lipinski definition) is 4. The Labute approximate surface area is 177 Å². The number of amides is 3. The average Bonchev–Trinajstić information content (AvgIpc) is 2.77. The molecule has 1 aromatic heterocycles. The summed E-state index contributed by atoms with van der Waals surface area (Å²) in [5.74, 6) is -2.57. The zero-order valence-corrected chi connectivity index (χ0v) is 16.7. The Kier molecular flexibility index (Phi) is 5.37. The third kappa shape index (κ3) is 3.96. The monoisotopic (exact) mass is 420 g/mol. The number of nitrogens with two attached hydrogens (primary N) is 2. The van der Waals surface area contributed by atoms with E-state index in [0.717, 1.165) is 17.0 Å². The fourth-order valence-corrected chi connectivity index (χ4v) is 4.01. The number of carbonyl (C=O) groups excluding carboxylic acids is 3. The number of hydrogen-bond donors (Lipinski definition) is 2. The van der Waals surface area contributed by atoms with Crippen LogP contribution in [0.3, 0.4) is 0 Å². The number of pyridine rings is 1. The van der Waals surface area contributed by atoms with Crippen molar-refractivity contribution in [2.45, 2.75) is 18.8 Å². The Balaban J connectivity index is 1.54. The molecule has 1 aliphatic rings. The van der Waals surface area contributed by atoms with Crippen molar-refractivity contribution in [3.63, 3.8) is 0 Å². The Morgan fingerprint density at radius 2 is 1.65 bits per heavy atom. The largest absolute Gasteiger partial charge is 0.366 e. The van der Waals surface area contributed by atoms with Crippen molar-refractivity contribution in [3.8, 4) is 0 Å². The van der Waals surface area contributed by atoms with Gasteiger partial charge < -0.3 is 16.4 Å². The smallest absolute Gasteiger partial charge is 0.256 e. The molecule has 2 heterocycles. The molecule has 0 saturated carbocycles. The van der Waals surface area contributed by atoms with Gasteiger partial charge in [0, 0.05) is 30.0 Å². The van der Waals surface area contributed by atoms with Crippen molar-refractivity contribution in [2.24, 2.45) is 11.5 Å². The van der Waals surface area contributed by atoms with E-state index in [1.54, 1.807) is 11.0 Å². The number of rotatable bonds is 4. The van der Waals surface area contributed by atoms with E-state index in [-0.39, 0.29) is 17.0 Å². The van der Waals surface area contributed by atoms with Crippen molar-refractivity contribution in [2.75, 3.05) is 13.1 Å². The second kappa shape index (κ2) is 8.14. The first-order valence-corrected chi connectivity index (χ1v) is 9.93. The van der Waals surface area contributed by atoms with Gasteiger partial charge in [0.1, 0.15) is 5.82 Å². The fourth-order valence-electron chi connectivity index (χ4n) is 4.01. The predicted molar refractivity (Wildman–Crippen MR) is 113 cm³/mol. The van der Waals surface area contributed by atoms with Gasteiger partial charge in [0.2, 0.25) is 5.91 Å². The van der Waals surface area contributed by atoms with Crippen LogP contribution < -0.4 is 11.5 Å². The maximum Gasteiger partial charge on any atom is 0.256 e. The van der Waals surface area contributed by atoms with Crippen molar-refractivity contribution in [1.29, 1.82) is 0 Å². The molecule has 1 fully saturated rings. The molecule has 0 aliphatic carbocycles. The highest BCUT2D eigenvalue weighted by molar-refractivity contribution is 5.98. The van der Waals surface area contributed by atoms with E-state index in [1.807, 2.05) is 24.3 Å². The summed E-state index contributed by atoms with van der Waals surface area (Å²) in [6.45, 7) is 0.764. The molecule has 31 heavy (non-hydrogen) atoms. The average molecular weight is 420 g/mol. The van der Waals surface area contributed by atoms with Gasteiger partial charge >= 0.3 is 0 Å². The number of likely N-dealkylation sites (tertiary alicyclic amines) is 1. The lowest BCUT2D eigenvalue weighted by atomic mass is 9.89. The summed E-state index contributed by atoms with van der Waals surface area (Å²) >= 11 is 0. The number of aromatic nitrogens is 1. The van der Waals surface area contributed by atoms with Crippen LogP contribution in [0.5, 0.6) is 0 Å². The number of fused-ring (bicyclic) bond motifs is 1. The van der Waals surface area contributed by atoms with E-state index in [9.17, 15) is 18.8 Å². The predicted octanol–water partition coefficient (Wildman–Crippen LogP) is 2.59. The molecule has 7 nitrogen and oxygen atoms in total. The van der Waals surface area contributed by atoms with Crippen LogP contribution in [0.15, 0.2) is 48.5 Å². The van der Waals surface area contributed by atoms with Crippen LogP contribution in [-0.2, 0) is 0 Å². The summed E-state index contributed by atoms with van der Waals surface area (Å²) in [6, 6.07) is 12.8. The highest BCUT2D eigenvalue weighted by Crippen LogP contribution is 2.31. The van der Waals surface area contributed by atoms with Crippen molar-refractivity contribution >= 4 is 28.6 Å². The SMILES string of the molecule is NC(=O)c1ccc(C(=O)N2CCC(c3nc4ccccc4cc3C(N)=O)CC2)c(F)c1. The second-order valence-corrected chi connectivity index (χ2v) is 7.60. The van der Waals surface area contributed by atoms with Gasteiger partial charge in [-0.25, -0.2) is 4.39 Å². The molecule has 3 aromatic rings. The molecule has 0 bridgehead atoms. The minimum Gasteiger partial charge on any atom is -0.366 e. The first-order chi connectivity index (χ1) is 14.8. The van der Waals surface area contributed by atoms with E-state index in [1.165, 1.54) is 12.1 Å². The maximum atomic E-state index is 14.3. The molecule has 4 rings (SSSR count). The maximum absolute atomic E-state index is 14.3. The third-order valence-electron chi connectivity index (χ3n) is 5.67. The molecule has 1 aliphatic heterocycles. The van der Waals surface area contributed by atoms with Gasteiger partial charge in [0.15, 0.2) is 0 Å². The quantitative estimate of drug-likeness (QED) is 0.674. The lowest BCUT2D eigenvalue weighted by Crippen LogP contribution is -2.38. The Hall–Kier alpha value is -3.81. The Morgan fingerprint density at radius 1 is 0.935 bits per heavy atom. The summed E-state index contributed by atoms with van der Waals surface area (Å²) in [4.78, 5) is 42.2. The van der Waals surface area contributed by atoms with Crippen molar-refractivity contribution in [3.05, 3.63) is 76.7 Å². The molecule has 0 spiro atoms. The lowest BCUT2D eigenvalue weighted by Gasteiger charge is -2.32. The molecule has 0 unspecified atom stereocenters. The minimum atomic E-state index is -0.782. The number of benzene rings is 2. The molecule has 158 valence electrons. The topological polar surface area (TPSA) is 119 Å². The minimum absolute atomic E-state index is 0.00844. The van der Waals surface area contributed by atoms with Gasteiger partial charge in [0.25, 0.3) is 11.8 Å². The molecule has 4 N–H and O–H groups in total. The zero-order chi connectivity index (χ0) is 22.1. The highest BCUT2D eigenvalue weighted by Gasteiger charge is 2.29. The van der Waals surface area contributed by atoms with E-state index >= 15 is 0 Å². The number of para-hydroxylation sites is 1. The zero-order valence-electron chi connectivity index (χ0n) is 16.7. The van der Waals surface area contributed by atoms with Gasteiger partial charge in [-0.2, -0.15) is 0 Å². The van der Waals surface area contributed by atoms with Gasteiger partial charge in [-0.1, -0.05) is 18.2 Å². The van der Waals surface area contributed by atoms with Crippen LogP contribution >= 0.6 is 0 Å². The first kappa shape index (κ1) is 20.5. The van der Waals surface area contributed by atoms with Crippen LogP contribution in [0.2, 0.25) is 0 Å². The van der Waals surface area contributed by atoms with Crippen LogP contribution in [-0.4, -0.2) is 40.7 Å². The summed E-state index contributed by atoms with van der Waals surface area (Å²) < 4.78 is 14.3. The van der Waals surface area contributed by atoms with Crippen LogP contribution in [0.4, 0.5) is 4.39 Å². The lowest BCUT2D eigenvalue weighted by molar-refractivity contribution is 0.0705. The van der Waals surface area contributed by atoms with Crippen molar-refractivity contribution < 1.29 is 18.8 Å². The van der Waals surface area contributed by atoms with Crippen LogP contribution in [0, 0.1) is 5.82 Å². The molecule has 2 aromatic carbocycles. The van der Waals surface area contributed by atoms with Crippen LogP contribution in [0.1, 0.15) is 55.5 Å².